The summed E-state index contributed by atoms with van der Waals surface area (Å²) in [7, 11) is 0. The highest BCUT2D eigenvalue weighted by Crippen LogP contribution is 2.41. The Labute approximate surface area is 143 Å². The van der Waals surface area contributed by atoms with Gasteiger partial charge in [0.2, 0.25) is 11.8 Å². The molecular formula is C19H27N3O2. The van der Waals surface area contributed by atoms with Gasteiger partial charge in [0.1, 0.15) is 0 Å². The van der Waals surface area contributed by atoms with E-state index < -0.39 is 0 Å². The normalized spacial score (nSPS) is 28.9. The predicted octanol–water partition coefficient (Wildman–Crippen LogP) is 2.41. The molecule has 0 aromatic heterocycles. The van der Waals surface area contributed by atoms with Crippen LogP contribution in [-0.4, -0.2) is 17.9 Å². The fourth-order valence-electron chi connectivity index (χ4n) is 4.25. The van der Waals surface area contributed by atoms with Crippen LogP contribution in [-0.2, 0) is 16.1 Å². The standard InChI is InChI=1S/C19H27N3O2/c1-12(23)22-17-7-5-13(6-8-17)11-21-19(24)16-9-14-3-2-4-15(10-16)18(14)20/h5-8,14-16,18H,2-4,9-11,20H2,1H3,(H,21,24)(H,22,23). The van der Waals surface area contributed by atoms with Crippen LogP contribution in [0.2, 0.25) is 0 Å². The minimum atomic E-state index is -0.0860. The topological polar surface area (TPSA) is 84.2 Å². The van der Waals surface area contributed by atoms with Crippen molar-refractivity contribution in [3.8, 4) is 0 Å². The van der Waals surface area contributed by atoms with E-state index in [4.69, 9.17) is 5.73 Å². The summed E-state index contributed by atoms with van der Waals surface area (Å²) in [4.78, 5) is 23.5. The first-order chi connectivity index (χ1) is 11.5. The molecule has 5 nitrogen and oxygen atoms in total. The zero-order chi connectivity index (χ0) is 17.1. The third-order valence-electron chi connectivity index (χ3n) is 5.52. The lowest BCUT2D eigenvalue weighted by Crippen LogP contribution is -2.49. The van der Waals surface area contributed by atoms with Crippen LogP contribution in [0, 0.1) is 17.8 Å². The number of nitrogens with one attached hydrogen (secondary N) is 2. The van der Waals surface area contributed by atoms with Gasteiger partial charge in [0, 0.05) is 31.1 Å². The monoisotopic (exact) mass is 329 g/mol. The van der Waals surface area contributed by atoms with Crippen LogP contribution in [0.4, 0.5) is 5.69 Å². The van der Waals surface area contributed by atoms with Gasteiger partial charge in [-0.05, 0) is 55.2 Å². The van der Waals surface area contributed by atoms with Gasteiger partial charge in [0.05, 0.1) is 0 Å². The summed E-state index contributed by atoms with van der Waals surface area (Å²) in [5.41, 5.74) is 8.10. The van der Waals surface area contributed by atoms with Crippen molar-refractivity contribution >= 4 is 17.5 Å². The second-order valence-electron chi connectivity index (χ2n) is 7.29. The zero-order valence-electron chi connectivity index (χ0n) is 14.3. The van der Waals surface area contributed by atoms with E-state index in [1.165, 1.54) is 26.2 Å². The van der Waals surface area contributed by atoms with Crippen LogP contribution in [0.5, 0.6) is 0 Å². The molecule has 0 heterocycles. The smallest absolute Gasteiger partial charge is 0.223 e. The van der Waals surface area contributed by atoms with Crippen molar-refractivity contribution in [3.05, 3.63) is 29.8 Å². The third kappa shape index (κ3) is 3.96. The Bertz CT molecular complexity index is 585. The molecule has 0 aliphatic heterocycles. The number of benzene rings is 1. The largest absolute Gasteiger partial charge is 0.352 e. The summed E-state index contributed by atoms with van der Waals surface area (Å²) in [5.74, 6) is 1.22. The van der Waals surface area contributed by atoms with Crippen molar-refractivity contribution in [2.24, 2.45) is 23.5 Å². The maximum atomic E-state index is 12.5. The molecule has 1 aromatic carbocycles. The van der Waals surface area contributed by atoms with Crippen LogP contribution < -0.4 is 16.4 Å². The van der Waals surface area contributed by atoms with Crippen molar-refractivity contribution in [2.75, 3.05) is 5.32 Å². The van der Waals surface area contributed by atoms with Crippen LogP contribution in [0.25, 0.3) is 0 Å². The molecule has 2 atom stereocenters. The number of hydrogen-bond donors (Lipinski definition) is 3. The van der Waals surface area contributed by atoms with Gasteiger partial charge in [-0.3, -0.25) is 9.59 Å². The number of rotatable bonds is 4. The Hall–Kier alpha value is -1.88. The van der Waals surface area contributed by atoms with Gasteiger partial charge in [-0.2, -0.15) is 0 Å². The summed E-state index contributed by atoms with van der Waals surface area (Å²) in [6, 6.07) is 7.86. The number of hydrogen-bond acceptors (Lipinski definition) is 3. The number of anilines is 1. The molecule has 0 spiro atoms. The van der Waals surface area contributed by atoms with Gasteiger partial charge in [-0.15, -0.1) is 0 Å². The van der Waals surface area contributed by atoms with Crippen LogP contribution in [0.15, 0.2) is 24.3 Å². The number of fused-ring (bicyclic) bond motifs is 2. The lowest BCUT2D eigenvalue weighted by Gasteiger charge is -2.43. The molecule has 5 heteroatoms. The Morgan fingerprint density at radius 1 is 1.12 bits per heavy atom. The molecule has 2 aliphatic rings. The van der Waals surface area contributed by atoms with Crippen molar-refractivity contribution in [1.82, 2.24) is 5.32 Å². The number of carbonyl (C=O) groups is 2. The van der Waals surface area contributed by atoms with E-state index in [0.29, 0.717) is 24.4 Å². The molecule has 130 valence electrons. The lowest BCUT2D eigenvalue weighted by molar-refractivity contribution is -0.128. The van der Waals surface area contributed by atoms with E-state index in [2.05, 4.69) is 10.6 Å². The van der Waals surface area contributed by atoms with Crippen molar-refractivity contribution in [1.29, 1.82) is 0 Å². The first kappa shape index (κ1) is 17.0. The van der Waals surface area contributed by atoms with Gasteiger partial charge >= 0.3 is 0 Å². The van der Waals surface area contributed by atoms with Gasteiger partial charge < -0.3 is 16.4 Å². The second-order valence-corrected chi connectivity index (χ2v) is 7.29. The van der Waals surface area contributed by atoms with Gasteiger partial charge in [0.25, 0.3) is 0 Å². The first-order valence-electron chi connectivity index (χ1n) is 8.92. The molecule has 2 unspecified atom stereocenters. The van der Waals surface area contributed by atoms with E-state index in [-0.39, 0.29) is 17.7 Å². The Kier molecular flexibility index (Phi) is 5.19. The summed E-state index contributed by atoms with van der Waals surface area (Å²) in [6.45, 7) is 2.01. The van der Waals surface area contributed by atoms with Crippen molar-refractivity contribution in [2.45, 2.75) is 51.6 Å². The average molecular weight is 329 g/mol. The molecule has 0 saturated heterocycles. The highest BCUT2D eigenvalue weighted by atomic mass is 16.2. The molecule has 1 aromatic rings. The maximum Gasteiger partial charge on any atom is 0.223 e. The van der Waals surface area contributed by atoms with Gasteiger partial charge in [-0.1, -0.05) is 18.6 Å². The van der Waals surface area contributed by atoms with Gasteiger partial charge in [-0.25, -0.2) is 0 Å². The predicted molar refractivity (Wildman–Crippen MR) is 94.1 cm³/mol. The van der Waals surface area contributed by atoms with Gasteiger partial charge in [0.15, 0.2) is 0 Å². The third-order valence-corrected chi connectivity index (χ3v) is 5.52. The van der Waals surface area contributed by atoms with E-state index in [1.807, 2.05) is 24.3 Å². The van der Waals surface area contributed by atoms with Crippen molar-refractivity contribution in [3.63, 3.8) is 0 Å². The molecule has 2 fully saturated rings. The van der Waals surface area contributed by atoms with Crippen LogP contribution in [0.3, 0.4) is 0 Å². The van der Waals surface area contributed by atoms with E-state index in [1.54, 1.807) is 0 Å². The molecule has 3 rings (SSSR count). The minimum Gasteiger partial charge on any atom is -0.352 e. The highest BCUT2D eigenvalue weighted by Gasteiger charge is 2.40. The molecule has 0 radical (unpaired) electrons. The molecule has 2 saturated carbocycles. The minimum absolute atomic E-state index is 0.0860. The van der Waals surface area contributed by atoms with Crippen LogP contribution >= 0.6 is 0 Å². The molecule has 2 aliphatic carbocycles. The number of amides is 2. The zero-order valence-corrected chi connectivity index (χ0v) is 14.3. The Morgan fingerprint density at radius 3 is 2.33 bits per heavy atom. The highest BCUT2D eigenvalue weighted by molar-refractivity contribution is 5.88. The maximum absolute atomic E-state index is 12.5. The number of nitrogens with two attached hydrogens (primary N) is 1. The fraction of sp³-hybridized carbons (Fsp3) is 0.579. The SMILES string of the molecule is CC(=O)Nc1ccc(CNC(=O)C2CC3CCCC(C2)C3N)cc1. The fourth-order valence-corrected chi connectivity index (χ4v) is 4.25. The molecular weight excluding hydrogens is 302 g/mol. The quantitative estimate of drug-likeness (QED) is 0.793. The van der Waals surface area contributed by atoms with Crippen LogP contribution in [0.1, 0.15) is 44.6 Å². The Balaban J connectivity index is 1.51. The summed E-state index contributed by atoms with van der Waals surface area (Å²) < 4.78 is 0. The lowest BCUT2D eigenvalue weighted by atomic mass is 9.65. The second kappa shape index (κ2) is 7.34. The summed E-state index contributed by atoms with van der Waals surface area (Å²) in [6.07, 6.45) is 5.48. The molecule has 4 N–H and O–H groups in total. The van der Waals surface area contributed by atoms with E-state index in [9.17, 15) is 9.59 Å². The van der Waals surface area contributed by atoms with E-state index >= 15 is 0 Å². The molecule has 24 heavy (non-hydrogen) atoms. The first-order valence-corrected chi connectivity index (χ1v) is 8.92. The number of carbonyl (C=O) groups excluding carboxylic acids is 2. The molecule has 2 bridgehead atoms. The van der Waals surface area contributed by atoms with Crippen molar-refractivity contribution < 1.29 is 9.59 Å². The van der Waals surface area contributed by atoms with E-state index in [0.717, 1.165) is 24.1 Å². The average Bonchev–Trinajstić information content (AvgIpc) is 2.53. The summed E-state index contributed by atoms with van der Waals surface area (Å²) >= 11 is 0. The summed E-state index contributed by atoms with van der Waals surface area (Å²) in [5, 5.41) is 5.80. The Morgan fingerprint density at radius 2 is 1.75 bits per heavy atom. The molecule has 2 amide bonds.